The average Bonchev–Trinajstić information content (AvgIpc) is 2.55. The molecule has 1 aromatic carbocycles. The van der Waals surface area contributed by atoms with Crippen LogP contribution in [0, 0.1) is 19.7 Å². The molecule has 0 fully saturated rings. The molecule has 0 aliphatic heterocycles. The Morgan fingerprint density at radius 2 is 1.82 bits per heavy atom. The molecule has 0 aliphatic carbocycles. The Bertz CT molecular complexity index is 526. The molecule has 90 valence electrons. The predicted molar refractivity (Wildman–Crippen MR) is 65.6 cm³/mol. The highest BCUT2D eigenvalue weighted by molar-refractivity contribution is 5.38. The predicted octanol–water partition coefficient (Wildman–Crippen LogP) is 2.65. The minimum atomic E-state index is -0.248. The maximum atomic E-state index is 12.9. The fourth-order valence-corrected chi connectivity index (χ4v) is 2.15. The molecular formula is C13H16FN3. The summed E-state index contributed by atoms with van der Waals surface area (Å²) in [6.07, 6.45) is 0. The van der Waals surface area contributed by atoms with E-state index < -0.39 is 0 Å². The quantitative estimate of drug-likeness (QED) is 0.866. The van der Waals surface area contributed by atoms with Crippen LogP contribution >= 0.6 is 0 Å². The monoisotopic (exact) mass is 233 g/mol. The second kappa shape index (κ2) is 4.30. The van der Waals surface area contributed by atoms with E-state index >= 15 is 0 Å². The van der Waals surface area contributed by atoms with Gasteiger partial charge in [-0.2, -0.15) is 5.10 Å². The Morgan fingerprint density at radius 3 is 2.29 bits per heavy atom. The molecule has 4 heteroatoms. The highest BCUT2D eigenvalue weighted by Crippen LogP contribution is 2.22. The molecule has 0 aliphatic rings. The lowest BCUT2D eigenvalue weighted by atomic mass is 10.1. The van der Waals surface area contributed by atoms with Crippen molar-refractivity contribution in [1.82, 2.24) is 9.78 Å². The van der Waals surface area contributed by atoms with Gasteiger partial charge in [0.1, 0.15) is 5.82 Å². The van der Waals surface area contributed by atoms with Crippen LogP contribution in [0.4, 0.5) is 4.39 Å². The summed E-state index contributed by atoms with van der Waals surface area (Å²) in [5, 5.41) is 4.45. The van der Waals surface area contributed by atoms with Crippen LogP contribution in [0.5, 0.6) is 0 Å². The van der Waals surface area contributed by atoms with Crippen LogP contribution in [0.1, 0.15) is 29.9 Å². The van der Waals surface area contributed by atoms with E-state index in [1.54, 1.807) is 16.8 Å². The summed E-state index contributed by atoms with van der Waals surface area (Å²) in [5.41, 5.74) is 9.74. The van der Waals surface area contributed by atoms with Gasteiger partial charge in [0.25, 0.3) is 0 Å². The molecule has 0 amide bonds. The van der Waals surface area contributed by atoms with Crippen LogP contribution in [-0.2, 0) is 0 Å². The van der Waals surface area contributed by atoms with Crippen LogP contribution in [0.2, 0.25) is 0 Å². The Labute approximate surface area is 100 Å². The number of hydrogen-bond acceptors (Lipinski definition) is 2. The normalized spacial score (nSPS) is 12.8. The van der Waals surface area contributed by atoms with Crippen molar-refractivity contribution in [2.24, 2.45) is 5.73 Å². The fourth-order valence-electron chi connectivity index (χ4n) is 2.15. The number of halogens is 1. The Hall–Kier alpha value is -1.68. The topological polar surface area (TPSA) is 43.8 Å². The second-order valence-electron chi connectivity index (χ2n) is 4.26. The minimum absolute atomic E-state index is 0.0517. The summed E-state index contributed by atoms with van der Waals surface area (Å²) >= 11 is 0. The molecule has 1 heterocycles. The van der Waals surface area contributed by atoms with Gasteiger partial charge in [0.2, 0.25) is 0 Å². The summed E-state index contributed by atoms with van der Waals surface area (Å²) < 4.78 is 14.7. The zero-order valence-electron chi connectivity index (χ0n) is 10.2. The molecule has 2 aromatic rings. The van der Waals surface area contributed by atoms with E-state index in [1.165, 1.54) is 12.1 Å². The zero-order valence-corrected chi connectivity index (χ0v) is 10.2. The van der Waals surface area contributed by atoms with Crippen molar-refractivity contribution in [3.8, 4) is 5.69 Å². The molecular weight excluding hydrogens is 217 g/mol. The van der Waals surface area contributed by atoms with Crippen LogP contribution < -0.4 is 5.73 Å². The summed E-state index contributed by atoms with van der Waals surface area (Å²) in [5.74, 6) is -0.248. The summed E-state index contributed by atoms with van der Waals surface area (Å²) in [6, 6.07) is 6.22. The van der Waals surface area contributed by atoms with Crippen LogP contribution in [0.15, 0.2) is 24.3 Å². The largest absolute Gasteiger partial charge is 0.324 e. The van der Waals surface area contributed by atoms with E-state index in [9.17, 15) is 4.39 Å². The molecule has 0 spiro atoms. The van der Waals surface area contributed by atoms with Gasteiger partial charge in [0, 0.05) is 17.3 Å². The number of aryl methyl sites for hydroxylation is 1. The SMILES string of the molecule is Cc1nn(-c2ccc(F)cc2)c(C)c1C(C)N. The van der Waals surface area contributed by atoms with Crippen LogP contribution in [0.25, 0.3) is 5.69 Å². The van der Waals surface area contributed by atoms with Gasteiger partial charge in [-0.15, -0.1) is 0 Å². The Balaban J connectivity index is 2.53. The van der Waals surface area contributed by atoms with Crippen molar-refractivity contribution >= 4 is 0 Å². The third-order valence-electron chi connectivity index (χ3n) is 2.87. The summed E-state index contributed by atoms with van der Waals surface area (Å²) in [4.78, 5) is 0. The molecule has 0 saturated carbocycles. The maximum absolute atomic E-state index is 12.9. The number of aromatic nitrogens is 2. The molecule has 0 bridgehead atoms. The number of nitrogens with zero attached hydrogens (tertiary/aromatic N) is 2. The lowest BCUT2D eigenvalue weighted by molar-refractivity contribution is 0.627. The summed E-state index contributed by atoms with van der Waals surface area (Å²) in [6.45, 7) is 5.85. The maximum Gasteiger partial charge on any atom is 0.123 e. The van der Waals surface area contributed by atoms with Crippen molar-refractivity contribution < 1.29 is 4.39 Å². The van der Waals surface area contributed by atoms with Gasteiger partial charge < -0.3 is 5.73 Å². The average molecular weight is 233 g/mol. The van der Waals surface area contributed by atoms with Gasteiger partial charge in [-0.05, 0) is 45.0 Å². The first kappa shape index (κ1) is 11.8. The second-order valence-corrected chi connectivity index (χ2v) is 4.26. The van der Waals surface area contributed by atoms with E-state index in [4.69, 9.17) is 5.73 Å². The first-order chi connectivity index (χ1) is 8.00. The molecule has 0 radical (unpaired) electrons. The van der Waals surface area contributed by atoms with Gasteiger partial charge in [-0.1, -0.05) is 0 Å². The first-order valence-corrected chi connectivity index (χ1v) is 5.58. The van der Waals surface area contributed by atoms with E-state index in [0.717, 1.165) is 22.6 Å². The standard InChI is InChI=1S/C13H16FN3/c1-8(15)13-9(2)16-17(10(13)3)12-6-4-11(14)5-7-12/h4-8H,15H2,1-3H3. The van der Waals surface area contributed by atoms with Crippen molar-refractivity contribution in [3.05, 3.63) is 47.0 Å². The third kappa shape index (κ3) is 2.08. The van der Waals surface area contributed by atoms with Crippen LogP contribution in [-0.4, -0.2) is 9.78 Å². The van der Waals surface area contributed by atoms with Crippen molar-refractivity contribution in [3.63, 3.8) is 0 Å². The Kier molecular flexibility index (Phi) is 2.98. The molecule has 1 atom stereocenters. The third-order valence-corrected chi connectivity index (χ3v) is 2.87. The van der Waals surface area contributed by atoms with Gasteiger partial charge >= 0.3 is 0 Å². The van der Waals surface area contributed by atoms with E-state index in [1.807, 2.05) is 20.8 Å². The first-order valence-electron chi connectivity index (χ1n) is 5.58. The van der Waals surface area contributed by atoms with E-state index in [-0.39, 0.29) is 11.9 Å². The number of hydrogen-bond donors (Lipinski definition) is 1. The molecule has 17 heavy (non-hydrogen) atoms. The van der Waals surface area contributed by atoms with Crippen molar-refractivity contribution in [2.75, 3.05) is 0 Å². The highest BCUT2D eigenvalue weighted by atomic mass is 19.1. The molecule has 1 aromatic heterocycles. The lowest BCUT2D eigenvalue weighted by Gasteiger charge is -2.07. The highest BCUT2D eigenvalue weighted by Gasteiger charge is 2.15. The van der Waals surface area contributed by atoms with Crippen molar-refractivity contribution in [2.45, 2.75) is 26.8 Å². The van der Waals surface area contributed by atoms with Gasteiger partial charge in [-0.25, -0.2) is 9.07 Å². The fraction of sp³-hybridized carbons (Fsp3) is 0.308. The molecule has 1 unspecified atom stereocenters. The zero-order chi connectivity index (χ0) is 12.6. The molecule has 3 nitrogen and oxygen atoms in total. The molecule has 2 rings (SSSR count). The van der Waals surface area contributed by atoms with Gasteiger partial charge in [0.15, 0.2) is 0 Å². The molecule has 0 saturated heterocycles. The summed E-state index contributed by atoms with van der Waals surface area (Å²) in [7, 11) is 0. The van der Waals surface area contributed by atoms with Crippen LogP contribution in [0.3, 0.4) is 0 Å². The number of benzene rings is 1. The number of rotatable bonds is 2. The minimum Gasteiger partial charge on any atom is -0.324 e. The van der Waals surface area contributed by atoms with Crippen molar-refractivity contribution in [1.29, 1.82) is 0 Å². The molecule has 2 N–H and O–H groups in total. The van der Waals surface area contributed by atoms with E-state index in [0.29, 0.717) is 0 Å². The smallest absolute Gasteiger partial charge is 0.123 e. The van der Waals surface area contributed by atoms with Gasteiger partial charge in [-0.3, -0.25) is 0 Å². The lowest BCUT2D eigenvalue weighted by Crippen LogP contribution is -2.07. The van der Waals surface area contributed by atoms with E-state index in [2.05, 4.69) is 5.10 Å². The number of nitrogens with two attached hydrogens (primary N) is 1. The Morgan fingerprint density at radius 1 is 1.24 bits per heavy atom. The van der Waals surface area contributed by atoms with Gasteiger partial charge in [0.05, 0.1) is 11.4 Å².